The van der Waals surface area contributed by atoms with E-state index in [0.29, 0.717) is 6.04 Å². The number of piperidine rings is 1. The summed E-state index contributed by atoms with van der Waals surface area (Å²) in [4.78, 5) is 13.8. The number of nitrogens with zero attached hydrogens (tertiary/aromatic N) is 1. The normalized spacial score (nSPS) is 18.6. The van der Waals surface area contributed by atoms with Gasteiger partial charge in [-0.15, -0.1) is 0 Å². The Morgan fingerprint density at radius 1 is 1.43 bits per heavy atom. The minimum absolute atomic E-state index is 0.193. The van der Waals surface area contributed by atoms with Gasteiger partial charge in [0.15, 0.2) is 0 Å². The number of likely N-dealkylation sites (tertiary alicyclic amines) is 1. The molecular weight excluding hydrogens is 268 g/mol. The van der Waals surface area contributed by atoms with E-state index < -0.39 is 5.60 Å². The Kier molecular flexibility index (Phi) is 4.93. The van der Waals surface area contributed by atoms with Gasteiger partial charge in [-0.2, -0.15) is 0 Å². The van der Waals surface area contributed by atoms with Crippen LogP contribution in [0.4, 0.5) is 4.79 Å². The average molecular weight is 294 g/mol. The van der Waals surface area contributed by atoms with Crippen LogP contribution in [0.1, 0.15) is 52.3 Å². The number of furan rings is 1. The van der Waals surface area contributed by atoms with Crippen molar-refractivity contribution in [2.45, 2.75) is 58.2 Å². The SMILES string of the molecule is CC(NC1CCN(C(=O)OC(C)(C)C)CC1)c1ccco1. The third-order valence-electron chi connectivity index (χ3n) is 3.60. The fraction of sp³-hybridized carbons (Fsp3) is 0.688. The van der Waals surface area contributed by atoms with E-state index in [4.69, 9.17) is 9.15 Å². The Balaban J connectivity index is 1.77. The fourth-order valence-corrected chi connectivity index (χ4v) is 2.53. The molecule has 118 valence electrons. The molecule has 0 aromatic carbocycles. The maximum Gasteiger partial charge on any atom is 0.410 e. The van der Waals surface area contributed by atoms with Crippen molar-refractivity contribution in [3.8, 4) is 0 Å². The van der Waals surface area contributed by atoms with E-state index in [2.05, 4.69) is 12.2 Å². The third-order valence-corrected chi connectivity index (χ3v) is 3.60. The lowest BCUT2D eigenvalue weighted by Gasteiger charge is -2.34. The van der Waals surface area contributed by atoms with Crippen molar-refractivity contribution in [1.29, 1.82) is 0 Å². The van der Waals surface area contributed by atoms with Crippen LogP contribution in [0.25, 0.3) is 0 Å². The van der Waals surface area contributed by atoms with Crippen molar-refractivity contribution < 1.29 is 13.9 Å². The number of carbonyl (C=O) groups excluding carboxylic acids is 1. The lowest BCUT2D eigenvalue weighted by molar-refractivity contribution is 0.0195. The molecule has 1 unspecified atom stereocenters. The van der Waals surface area contributed by atoms with E-state index in [1.165, 1.54) is 0 Å². The summed E-state index contributed by atoms with van der Waals surface area (Å²) in [7, 11) is 0. The maximum absolute atomic E-state index is 12.0. The van der Waals surface area contributed by atoms with Crippen molar-refractivity contribution in [3.63, 3.8) is 0 Å². The van der Waals surface area contributed by atoms with Crippen LogP contribution in [0.5, 0.6) is 0 Å². The predicted octanol–water partition coefficient (Wildman–Crippen LogP) is 3.33. The molecule has 1 amide bonds. The zero-order chi connectivity index (χ0) is 15.5. The molecular formula is C16H26N2O3. The number of carbonyl (C=O) groups is 1. The summed E-state index contributed by atoms with van der Waals surface area (Å²) in [5.41, 5.74) is -0.431. The second kappa shape index (κ2) is 6.52. The number of rotatable bonds is 3. The van der Waals surface area contributed by atoms with E-state index in [1.54, 1.807) is 11.2 Å². The molecule has 0 bridgehead atoms. The van der Waals surface area contributed by atoms with Crippen molar-refractivity contribution in [1.82, 2.24) is 10.2 Å². The molecule has 5 heteroatoms. The van der Waals surface area contributed by atoms with Gasteiger partial charge in [-0.3, -0.25) is 0 Å². The Bertz CT molecular complexity index is 443. The summed E-state index contributed by atoms with van der Waals surface area (Å²) in [6.07, 6.45) is 3.35. The Morgan fingerprint density at radius 3 is 2.62 bits per heavy atom. The Morgan fingerprint density at radius 2 is 2.10 bits per heavy atom. The summed E-state index contributed by atoms with van der Waals surface area (Å²) in [6.45, 7) is 9.24. The largest absolute Gasteiger partial charge is 0.468 e. The Labute approximate surface area is 126 Å². The lowest BCUT2D eigenvalue weighted by Crippen LogP contribution is -2.46. The molecule has 0 spiro atoms. The maximum atomic E-state index is 12.0. The smallest absolute Gasteiger partial charge is 0.410 e. The standard InChI is InChI=1S/C16H26N2O3/c1-12(14-6-5-11-20-14)17-13-7-9-18(10-8-13)15(19)21-16(2,3)4/h5-6,11-13,17H,7-10H2,1-4H3. The third kappa shape index (κ3) is 4.77. The highest BCUT2D eigenvalue weighted by Crippen LogP contribution is 2.19. The fourth-order valence-electron chi connectivity index (χ4n) is 2.53. The van der Waals surface area contributed by atoms with Crippen molar-refractivity contribution >= 4 is 6.09 Å². The van der Waals surface area contributed by atoms with E-state index in [0.717, 1.165) is 31.7 Å². The number of hydrogen-bond acceptors (Lipinski definition) is 4. The molecule has 1 aromatic heterocycles. The number of amides is 1. The topological polar surface area (TPSA) is 54.7 Å². The van der Waals surface area contributed by atoms with Crippen LogP contribution in [0.15, 0.2) is 22.8 Å². The average Bonchev–Trinajstić information content (AvgIpc) is 2.91. The second-order valence-corrected chi connectivity index (χ2v) is 6.65. The van der Waals surface area contributed by atoms with Gasteiger partial charge >= 0.3 is 6.09 Å². The first kappa shape index (κ1) is 15.9. The van der Waals surface area contributed by atoms with Crippen LogP contribution in [0, 0.1) is 0 Å². The molecule has 21 heavy (non-hydrogen) atoms. The molecule has 1 aromatic rings. The van der Waals surface area contributed by atoms with Gasteiger partial charge < -0.3 is 19.4 Å². The summed E-state index contributed by atoms with van der Waals surface area (Å²) in [5.74, 6) is 0.949. The molecule has 2 heterocycles. The summed E-state index contributed by atoms with van der Waals surface area (Å²) >= 11 is 0. The summed E-state index contributed by atoms with van der Waals surface area (Å²) in [6, 6.07) is 4.48. The van der Waals surface area contributed by atoms with Crippen molar-refractivity contribution in [3.05, 3.63) is 24.2 Å². The molecule has 0 aliphatic carbocycles. The number of hydrogen-bond donors (Lipinski definition) is 1. The molecule has 5 nitrogen and oxygen atoms in total. The zero-order valence-corrected chi connectivity index (χ0v) is 13.4. The molecule has 0 saturated carbocycles. The molecule has 2 rings (SSSR count). The first-order valence-electron chi connectivity index (χ1n) is 7.62. The molecule has 1 fully saturated rings. The highest BCUT2D eigenvalue weighted by molar-refractivity contribution is 5.68. The quantitative estimate of drug-likeness (QED) is 0.929. The lowest BCUT2D eigenvalue weighted by atomic mass is 10.0. The zero-order valence-electron chi connectivity index (χ0n) is 13.4. The minimum Gasteiger partial charge on any atom is -0.468 e. The van der Waals surface area contributed by atoms with Gasteiger partial charge in [0.1, 0.15) is 11.4 Å². The van der Waals surface area contributed by atoms with Crippen molar-refractivity contribution in [2.24, 2.45) is 0 Å². The van der Waals surface area contributed by atoms with Gasteiger partial charge in [-0.1, -0.05) is 0 Å². The number of nitrogens with one attached hydrogen (secondary N) is 1. The van der Waals surface area contributed by atoms with E-state index >= 15 is 0 Å². The van der Waals surface area contributed by atoms with E-state index in [1.807, 2.05) is 32.9 Å². The van der Waals surface area contributed by atoms with E-state index in [-0.39, 0.29) is 12.1 Å². The Hall–Kier alpha value is -1.49. The van der Waals surface area contributed by atoms with Gasteiger partial charge in [0, 0.05) is 19.1 Å². The van der Waals surface area contributed by atoms with Gasteiger partial charge in [-0.25, -0.2) is 4.79 Å². The van der Waals surface area contributed by atoms with Gasteiger partial charge in [-0.05, 0) is 52.7 Å². The highest BCUT2D eigenvalue weighted by Gasteiger charge is 2.27. The minimum atomic E-state index is -0.431. The second-order valence-electron chi connectivity index (χ2n) is 6.65. The van der Waals surface area contributed by atoms with Crippen LogP contribution in [-0.2, 0) is 4.74 Å². The van der Waals surface area contributed by atoms with Crippen LogP contribution in [0.3, 0.4) is 0 Å². The summed E-state index contributed by atoms with van der Waals surface area (Å²) < 4.78 is 10.8. The molecule has 1 saturated heterocycles. The van der Waals surface area contributed by atoms with Crippen molar-refractivity contribution in [2.75, 3.05) is 13.1 Å². The molecule has 1 N–H and O–H groups in total. The van der Waals surface area contributed by atoms with Gasteiger partial charge in [0.05, 0.1) is 12.3 Å². The molecule has 1 aliphatic heterocycles. The first-order chi connectivity index (χ1) is 9.85. The number of ether oxygens (including phenoxy) is 1. The van der Waals surface area contributed by atoms with Crippen LogP contribution >= 0.6 is 0 Å². The van der Waals surface area contributed by atoms with Gasteiger partial charge in [0.25, 0.3) is 0 Å². The molecule has 1 aliphatic rings. The van der Waals surface area contributed by atoms with Crippen LogP contribution < -0.4 is 5.32 Å². The molecule has 1 atom stereocenters. The van der Waals surface area contributed by atoms with E-state index in [9.17, 15) is 4.79 Å². The predicted molar refractivity (Wildman–Crippen MR) is 81.1 cm³/mol. The highest BCUT2D eigenvalue weighted by atomic mass is 16.6. The first-order valence-corrected chi connectivity index (χ1v) is 7.62. The summed E-state index contributed by atoms with van der Waals surface area (Å²) in [5, 5.41) is 3.56. The molecule has 0 radical (unpaired) electrons. The monoisotopic (exact) mass is 294 g/mol. The van der Waals surface area contributed by atoms with Crippen LogP contribution in [-0.4, -0.2) is 35.7 Å². The van der Waals surface area contributed by atoms with Gasteiger partial charge in [0.2, 0.25) is 0 Å². The van der Waals surface area contributed by atoms with Crippen LogP contribution in [0.2, 0.25) is 0 Å².